The topological polar surface area (TPSA) is 66.3 Å². The molecule has 0 saturated carbocycles. The van der Waals surface area contributed by atoms with Crippen LogP contribution in [-0.4, -0.2) is 34.1 Å². The number of nitrogens with zero attached hydrogens (tertiary/aromatic N) is 3. The van der Waals surface area contributed by atoms with Crippen molar-refractivity contribution in [3.05, 3.63) is 18.1 Å². The lowest BCUT2D eigenvalue weighted by Crippen LogP contribution is -2.38. The largest absolute Gasteiger partial charge is 0.480 e. The lowest BCUT2D eigenvalue weighted by atomic mass is 10.2. The van der Waals surface area contributed by atoms with E-state index < -0.39 is 12.0 Å². The normalized spacial score (nSPS) is 12.2. The van der Waals surface area contributed by atoms with E-state index in [4.69, 9.17) is 5.11 Å². The van der Waals surface area contributed by atoms with E-state index in [-0.39, 0.29) is 0 Å². The van der Waals surface area contributed by atoms with Crippen molar-refractivity contribution >= 4 is 11.8 Å². The molecule has 1 atom stereocenters. The maximum absolute atomic E-state index is 11.0. The summed E-state index contributed by atoms with van der Waals surface area (Å²) in [6, 6.07) is 1.28. The molecular formula is C11H17N3O2. The number of anilines is 1. The Morgan fingerprint density at radius 2 is 2.19 bits per heavy atom. The van der Waals surface area contributed by atoms with Crippen molar-refractivity contribution in [1.29, 1.82) is 0 Å². The summed E-state index contributed by atoms with van der Waals surface area (Å²) in [5.74, 6) is -0.178. The van der Waals surface area contributed by atoms with Gasteiger partial charge in [-0.25, -0.2) is 14.8 Å². The van der Waals surface area contributed by atoms with Gasteiger partial charge in [-0.05, 0) is 12.8 Å². The molecule has 88 valence electrons. The second kappa shape index (κ2) is 5.44. The summed E-state index contributed by atoms with van der Waals surface area (Å²) in [4.78, 5) is 20.9. The van der Waals surface area contributed by atoms with Gasteiger partial charge in [-0.2, -0.15) is 0 Å². The molecule has 0 amide bonds. The van der Waals surface area contributed by atoms with Gasteiger partial charge in [0.1, 0.15) is 18.2 Å². The van der Waals surface area contributed by atoms with Crippen molar-refractivity contribution in [1.82, 2.24) is 9.97 Å². The van der Waals surface area contributed by atoms with Crippen LogP contribution in [0.15, 0.2) is 12.4 Å². The van der Waals surface area contributed by atoms with Crippen molar-refractivity contribution in [2.45, 2.75) is 32.7 Å². The first-order chi connectivity index (χ1) is 7.60. The molecule has 1 aromatic rings. The van der Waals surface area contributed by atoms with Crippen LogP contribution in [0.3, 0.4) is 0 Å². The summed E-state index contributed by atoms with van der Waals surface area (Å²) in [7, 11) is 1.74. The maximum Gasteiger partial charge on any atom is 0.326 e. The molecule has 1 unspecified atom stereocenters. The molecule has 0 fully saturated rings. The van der Waals surface area contributed by atoms with Gasteiger partial charge in [0.05, 0.1) is 0 Å². The summed E-state index contributed by atoms with van der Waals surface area (Å²) in [6.45, 7) is 3.85. The molecule has 1 N–H and O–H groups in total. The first-order valence-electron chi connectivity index (χ1n) is 5.36. The monoisotopic (exact) mass is 223 g/mol. The van der Waals surface area contributed by atoms with Gasteiger partial charge < -0.3 is 10.0 Å². The Labute approximate surface area is 95.1 Å². The van der Waals surface area contributed by atoms with Gasteiger partial charge in [0.25, 0.3) is 0 Å². The Hall–Kier alpha value is -1.65. The minimum Gasteiger partial charge on any atom is -0.480 e. The van der Waals surface area contributed by atoms with Crippen LogP contribution in [0.2, 0.25) is 0 Å². The molecule has 1 rings (SSSR count). The molecule has 1 heterocycles. The first-order valence-corrected chi connectivity index (χ1v) is 5.36. The predicted octanol–water partition coefficient (Wildman–Crippen LogP) is 1.34. The average molecular weight is 223 g/mol. The van der Waals surface area contributed by atoms with Crippen molar-refractivity contribution in [3.63, 3.8) is 0 Å². The number of hydrogen-bond acceptors (Lipinski definition) is 4. The molecule has 5 heteroatoms. The quantitative estimate of drug-likeness (QED) is 0.816. The minimum absolute atomic E-state index is 0.539. The highest BCUT2D eigenvalue weighted by Gasteiger charge is 2.21. The van der Waals surface area contributed by atoms with E-state index in [1.165, 1.54) is 6.33 Å². The Morgan fingerprint density at radius 3 is 2.69 bits per heavy atom. The van der Waals surface area contributed by atoms with Crippen LogP contribution in [0.5, 0.6) is 0 Å². The van der Waals surface area contributed by atoms with E-state index in [0.717, 1.165) is 12.1 Å². The standard InChI is InChI=1S/C11H17N3O2/c1-4-8-6-10(13-7-12-8)14(3)9(5-2)11(15)16/h6-7,9H,4-5H2,1-3H3,(H,15,16). The summed E-state index contributed by atoms with van der Waals surface area (Å²) in [5.41, 5.74) is 0.914. The van der Waals surface area contributed by atoms with Crippen LogP contribution in [0.1, 0.15) is 26.0 Å². The Bertz CT molecular complexity index is 368. The summed E-state index contributed by atoms with van der Waals surface area (Å²) in [5, 5.41) is 9.05. The molecule has 0 aromatic carbocycles. The number of carboxylic acid groups (broad SMARTS) is 1. The van der Waals surface area contributed by atoms with Crippen molar-refractivity contribution < 1.29 is 9.90 Å². The zero-order chi connectivity index (χ0) is 12.1. The van der Waals surface area contributed by atoms with E-state index in [1.54, 1.807) is 11.9 Å². The molecule has 0 spiro atoms. The lowest BCUT2D eigenvalue weighted by Gasteiger charge is -2.24. The summed E-state index contributed by atoms with van der Waals surface area (Å²) in [6.07, 6.45) is 2.82. The van der Waals surface area contributed by atoms with Crippen LogP contribution >= 0.6 is 0 Å². The highest BCUT2D eigenvalue weighted by atomic mass is 16.4. The number of aromatic nitrogens is 2. The van der Waals surface area contributed by atoms with Crippen LogP contribution in [0.4, 0.5) is 5.82 Å². The number of carboxylic acids is 1. The van der Waals surface area contributed by atoms with E-state index in [2.05, 4.69) is 9.97 Å². The SMILES string of the molecule is CCc1cc(N(C)C(CC)C(=O)O)ncn1. The molecule has 16 heavy (non-hydrogen) atoms. The van der Waals surface area contributed by atoms with Gasteiger partial charge in [-0.3, -0.25) is 0 Å². The molecule has 0 aliphatic heterocycles. The second-order valence-corrected chi connectivity index (χ2v) is 3.59. The molecule has 0 radical (unpaired) electrons. The molecule has 0 aliphatic carbocycles. The smallest absolute Gasteiger partial charge is 0.326 e. The highest BCUT2D eigenvalue weighted by molar-refractivity contribution is 5.77. The molecule has 0 bridgehead atoms. The zero-order valence-electron chi connectivity index (χ0n) is 9.84. The van der Waals surface area contributed by atoms with E-state index in [9.17, 15) is 4.79 Å². The Balaban J connectivity index is 2.93. The molecule has 1 aromatic heterocycles. The third-order valence-corrected chi connectivity index (χ3v) is 2.57. The van der Waals surface area contributed by atoms with Crippen LogP contribution in [-0.2, 0) is 11.2 Å². The summed E-state index contributed by atoms with van der Waals surface area (Å²) >= 11 is 0. The zero-order valence-corrected chi connectivity index (χ0v) is 9.84. The second-order valence-electron chi connectivity index (χ2n) is 3.59. The molecule has 0 saturated heterocycles. The van der Waals surface area contributed by atoms with E-state index in [1.807, 2.05) is 19.9 Å². The van der Waals surface area contributed by atoms with E-state index in [0.29, 0.717) is 12.2 Å². The van der Waals surface area contributed by atoms with Gasteiger partial charge >= 0.3 is 5.97 Å². The fourth-order valence-electron chi connectivity index (χ4n) is 1.55. The van der Waals surface area contributed by atoms with Crippen LogP contribution in [0, 0.1) is 0 Å². The first kappa shape index (κ1) is 12.4. The molecular weight excluding hydrogens is 206 g/mol. The van der Waals surface area contributed by atoms with E-state index >= 15 is 0 Å². The van der Waals surface area contributed by atoms with Gasteiger partial charge in [0, 0.05) is 18.8 Å². The fraction of sp³-hybridized carbons (Fsp3) is 0.545. The predicted molar refractivity (Wildman–Crippen MR) is 61.5 cm³/mol. The maximum atomic E-state index is 11.0. The fourth-order valence-corrected chi connectivity index (χ4v) is 1.55. The van der Waals surface area contributed by atoms with Crippen molar-refractivity contribution in [3.8, 4) is 0 Å². The van der Waals surface area contributed by atoms with Gasteiger partial charge in [-0.15, -0.1) is 0 Å². The number of carbonyl (C=O) groups is 1. The minimum atomic E-state index is -0.832. The number of likely N-dealkylation sites (N-methyl/N-ethyl adjacent to an activating group) is 1. The van der Waals surface area contributed by atoms with Gasteiger partial charge in [-0.1, -0.05) is 13.8 Å². The number of hydrogen-bond donors (Lipinski definition) is 1. The Morgan fingerprint density at radius 1 is 1.50 bits per heavy atom. The number of rotatable bonds is 5. The third kappa shape index (κ3) is 2.68. The van der Waals surface area contributed by atoms with Crippen LogP contribution < -0.4 is 4.90 Å². The van der Waals surface area contributed by atoms with Crippen molar-refractivity contribution in [2.24, 2.45) is 0 Å². The molecule has 0 aliphatic rings. The van der Waals surface area contributed by atoms with Gasteiger partial charge in [0.2, 0.25) is 0 Å². The number of aliphatic carboxylic acids is 1. The Kier molecular flexibility index (Phi) is 4.22. The lowest BCUT2D eigenvalue weighted by molar-refractivity contribution is -0.138. The number of aryl methyl sites for hydroxylation is 1. The van der Waals surface area contributed by atoms with Gasteiger partial charge in [0.15, 0.2) is 0 Å². The molecule has 5 nitrogen and oxygen atoms in total. The third-order valence-electron chi connectivity index (χ3n) is 2.57. The average Bonchev–Trinajstić information content (AvgIpc) is 2.29. The van der Waals surface area contributed by atoms with Crippen molar-refractivity contribution in [2.75, 3.05) is 11.9 Å². The highest BCUT2D eigenvalue weighted by Crippen LogP contribution is 2.14. The summed E-state index contributed by atoms with van der Waals surface area (Å²) < 4.78 is 0. The van der Waals surface area contributed by atoms with Crippen LogP contribution in [0.25, 0.3) is 0 Å².